The van der Waals surface area contributed by atoms with Gasteiger partial charge < -0.3 is 21.3 Å². The van der Waals surface area contributed by atoms with Crippen molar-refractivity contribution >= 4 is 40.3 Å². The summed E-state index contributed by atoms with van der Waals surface area (Å²) < 4.78 is 0. The Bertz CT molecular complexity index is 1310. The molecule has 0 radical (unpaired) electrons. The highest BCUT2D eigenvalue weighted by Gasteiger charge is 2.36. The molecule has 2 aromatic rings. The second-order valence-electron chi connectivity index (χ2n) is 12.7. The van der Waals surface area contributed by atoms with E-state index in [4.69, 9.17) is 0 Å². The second-order valence-corrected chi connectivity index (χ2v) is 12.7. The SMILES string of the molecule is CC(C)(C)NC(=O)C(=O)[C@H](C[C@@H]1CCCNC1=O)NC(=O)[C@H](CC1CCCCC1)NC(=O)c1ccc2ccccc2n1. The maximum atomic E-state index is 13.8. The minimum absolute atomic E-state index is 0.00426. The number of carbonyl (C=O) groups is 5. The first-order valence-corrected chi connectivity index (χ1v) is 15.1. The lowest BCUT2D eigenvalue weighted by molar-refractivity contribution is -0.142. The van der Waals surface area contributed by atoms with E-state index in [1.807, 2.05) is 30.3 Å². The monoisotopic (exact) mass is 577 g/mol. The fourth-order valence-corrected chi connectivity index (χ4v) is 5.82. The summed E-state index contributed by atoms with van der Waals surface area (Å²) >= 11 is 0. The molecule has 0 bridgehead atoms. The average molecular weight is 578 g/mol. The molecule has 10 heteroatoms. The quantitative estimate of drug-likeness (QED) is 0.319. The van der Waals surface area contributed by atoms with Crippen LogP contribution in [0, 0.1) is 11.8 Å². The number of carbonyl (C=O) groups excluding carboxylic acids is 5. The topological polar surface area (TPSA) is 146 Å². The number of hydrogen-bond donors (Lipinski definition) is 4. The largest absolute Gasteiger partial charge is 0.356 e. The Hall–Kier alpha value is -3.82. The van der Waals surface area contributed by atoms with E-state index < -0.39 is 47.0 Å². The van der Waals surface area contributed by atoms with Crippen LogP contribution >= 0.6 is 0 Å². The van der Waals surface area contributed by atoms with Gasteiger partial charge in [-0.1, -0.05) is 56.4 Å². The molecule has 2 heterocycles. The van der Waals surface area contributed by atoms with Gasteiger partial charge in [0.2, 0.25) is 17.6 Å². The average Bonchev–Trinajstić information content (AvgIpc) is 2.96. The Morgan fingerprint density at radius 3 is 2.36 bits per heavy atom. The van der Waals surface area contributed by atoms with Crippen molar-refractivity contribution in [1.82, 2.24) is 26.3 Å². The normalized spacial score (nSPS) is 19.3. The first-order chi connectivity index (χ1) is 20.0. The minimum atomic E-state index is -1.21. The standard InChI is InChI=1S/C32H43N5O5/c1-32(2,3)37-31(42)27(38)25(19-22-13-9-17-33-28(22)39)35-30(41)26(18-20-10-5-4-6-11-20)36-29(40)24-16-15-21-12-7-8-14-23(21)34-24/h7-8,12,14-16,20,22,25-26H,4-6,9-11,13,17-19H2,1-3H3,(H,33,39)(H,35,41)(H,36,40)(H,37,42)/t22-,25-,26-/m0/s1. The highest BCUT2D eigenvalue weighted by molar-refractivity contribution is 6.38. The third kappa shape index (κ3) is 8.59. The molecule has 4 rings (SSSR count). The van der Waals surface area contributed by atoms with Crippen LogP contribution < -0.4 is 21.3 Å². The predicted molar refractivity (Wildman–Crippen MR) is 159 cm³/mol. The summed E-state index contributed by atoms with van der Waals surface area (Å²) in [5.74, 6) is -3.14. The van der Waals surface area contributed by atoms with E-state index in [1.54, 1.807) is 26.8 Å². The lowest BCUT2D eigenvalue weighted by Crippen LogP contribution is -2.56. The number of hydrogen-bond acceptors (Lipinski definition) is 6. The summed E-state index contributed by atoms with van der Waals surface area (Å²) in [5.41, 5.74) is 0.194. The van der Waals surface area contributed by atoms with E-state index in [0.717, 1.165) is 43.9 Å². The number of benzene rings is 1. The summed E-state index contributed by atoms with van der Waals surface area (Å²) in [7, 11) is 0. The van der Waals surface area contributed by atoms with Crippen molar-refractivity contribution in [2.24, 2.45) is 11.8 Å². The minimum Gasteiger partial charge on any atom is -0.356 e. The zero-order valence-corrected chi connectivity index (χ0v) is 24.8. The van der Waals surface area contributed by atoms with Crippen molar-refractivity contribution in [2.75, 3.05) is 6.54 Å². The van der Waals surface area contributed by atoms with Gasteiger partial charge in [0.1, 0.15) is 11.7 Å². The second kappa shape index (κ2) is 13.9. The Morgan fingerprint density at radius 1 is 0.905 bits per heavy atom. The van der Waals surface area contributed by atoms with E-state index >= 15 is 0 Å². The fraction of sp³-hybridized carbons (Fsp3) is 0.562. The number of pyridine rings is 1. The van der Waals surface area contributed by atoms with Gasteiger partial charge in [0.25, 0.3) is 11.8 Å². The van der Waals surface area contributed by atoms with Gasteiger partial charge >= 0.3 is 0 Å². The number of aromatic nitrogens is 1. The third-order valence-electron chi connectivity index (χ3n) is 8.01. The lowest BCUT2D eigenvalue weighted by Gasteiger charge is -2.30. The van der Waals surface area contributed by atoms with Crippen LogP contribution in [0.2, 0.25) is 0 Å². The number of Topliss-reactive ketones (excluding diaryl/α,β-unsaturated/α-hetero) is 1. The summed E-state index contributed by atoms with van der Waals surface area (Å²) in [6, 6.07) is 8.75. The van der Waals surface area contributed by atoms with Gasteiger partial charge in [0, 0.05) is 23.4 Å². The molecule has 1 aromatic heterocycles. The van der Waals surface area contributed by atoms with Crippen molar-refractivity contribution in [3.8, 4) is 0 Å². The maximum absolute atomic E-state index is 13.8. The number of piperidine rings is 1. The molecular formula is C32H43N5O5. The van der Waals surface area contributed by atoms with Gasteiger partial charge in [-0.25, -0.2) is 4.98 Å². The van der Waals surface area contributed by atoms with Gasteiger partial charge in [-0.2, -0.15) is 0 Å². The predicted octanol–water partition coefficient (Wildman–Crippen LogP) is 3.19. The number of para-hydroxylation sites is 1. The van der Waals surface area contributed by atoms with Crippen LogP contribution in [0.15, 0.2) is 36.4 Å². The van der Waals surface area contributed by atoms with Gasteiger partial charge in [-0.15, -0.1) is 0 Å². The van der Waals surface area contributed by atoms with Crippen LogP contribution in [0.3, 0.4) is 0 Å². The van der Waals surface area contributed by atoms with Crippen molar-refractivity contribution in [2.45, 2.75) is 96.2 Å². The first-order valence-electron chi connectivity index (χ1n) is 15.1. The highest BCUT2D eigenvalue weighted by atomic mass is 16.2. The van der Waals surface area contributed by atoms with Crippen LogP contribution in [-0.2, 0) is 19.2 Å². The van der Waals surface area contributed by atoms with Crippen molar-refractivity contribution in [3.63, 3.8) is 0 Å². The molecule has 10 nitrogen and oxygen atoms in total. The highest BCUT2D eigenvalue weighted by Crippen LogP contribution is 2.28. The maximum Gasteiger partial charge on any atom is 0.290 e. The number of ketones is 1. The molecule has 0 spiro atoms. The van der Waals surface area contributed by atoms with Gasteiger partial charge in [-0.3, -0.25) is 24.0 Å². The molecule has 1 aliphatic carbocycles. The molecular weight excluding hydrogens is 534 g/mol. The van der Waals surface area contributed by atoms with E-state index in [1.165, 1.54) is 0 Å². The van der Waals surface area contributed by atoms with Crippen LogP contribution in [0.4, 0.5) is 0 Å². The molecule has 2 fully saturated rings. The van der Waals surface area contributed by atoms with Crippen molar-refractivity contribution < 1.29 is 24.0 Å². The molecule has 4 amide bonds. The van der Waals surface area contributed by atoms with Crippen molar-refractivity contribution in [1.29, 1.82) is 0 Å². The first kappa shape index (κ1) is 31.1. The Morgan fingerprint density at radius 2 is 1.64 bits per heavy atom. The van der Waals surface area contributed by atoms with E-state index in [0.29, 0.717) is 24.9 Å². The summed E-state index contributed by atoms with van der Waals surface area (Å²) in [5, 5.41) is 12.0. The Balaban J connectivity index is 1.55. The summed E-state index contributed by atoms with van der Waals surface area (Å²) in [6.45, 7) is 5.84. The number of fused-ring (bicyclic) bond motifs is 1. The summed E-state index contributed by atoms with van der Waals surface area (Å²) in [6.07, 6.45) is 6.88. The molecule has 42 heavy (non-hydrogen) atoms. The molecule has 2 aliphatic rings. The van der Waals surface area contributed by atoms with E-state index in [2.05, 4.69) is 26.3 Å². The summed E-state index contributed by atoms with van der Waals surface area (Å²) in [4.78, 5) is 70.4. The Kier molecular flexibility index (Phi) is 10.3. The number of amides is 4. The molecule has 226 valence electrons. The Labute approximate surface area is 247 Å². The fourth-order valence-electron chi connectivity index (χ4n) is 5.82. The smallest absolute Gasteiger partial charge is 0.290 e. The van der Waals surface area contributed by atoms with Crippen LogP contribution in [0.1, 0.15) is 89.0 Å². The zero-order valence-electron chi connectivity index (χ0n) is 24.8. The van der Waals surface area contributed by atoms with Crippen LogP contribution in [0.5, 0.6) is 0 Å². The molecule has 1 saturated heterocycles. The molecule has 4 N–H and O–H groups in total. The van der Waals surface area contributed by atoms with Crippen LogP contribution in [0.25, 0.3) is 10.9 Å². The number of rotatable bonds is 10. The molecule has 0 unspecified atom stereocenters. The number of nitrogens with one attached hydrogen (secondary N) is 4. The van der Waals surface area contributed by atoms with Crippen LogP contribution in [-0.4, -0.2) is 58.6 Å². The van der Waals surface area contributed by atoms with E-state index in [-0.39, 0.29) is 23.9 Å². The molecule has 1 aliphatic heterocycles. The van der Waals surface area contributed by atoms with Crippen molar-refractivity contribution in [3.05, 3.63) is 42.1 Å². The molecule has 1 aromatic carbocycles. The number of nitrogens with zero attached hydrogens (tertiary/aromatic N) is 1. The third-order valence-corrected chi connectivity index (χ3v) is 8.01. The van der Waals surface area contributed by atoms with Gasteiger partial charge in [0.05, 0.1) is 11.6 Å². The molecule has 1 saturated carbocycles. The van der Waals surface area contributed by atoms with Gasteiger partial charge in [0.15, 0.2) is 0 Å². The van der Waals surface area contributed by atoms with E-state index in [9.17, 15) is 24.0 Å². The zero-order chi connectivity index (χ0) is 30.3. The van der Waals surface area contributed by atoms with Gasteiger partial charge in [-0.05, 0) is 64.5 Å². The molecule has 3 atom stereocenters. The lowest BCUT2D eigenvalue weighted by atomic mass is 9.84.